The van der Waals surface area contributed by atoms with Gasteiger partial charge in [0.15, 0.2) is 0 Å². The number of nitrogens with zero attached hydrogens (tertiary/aromatic N) is 1. The van der Waals surface area contributed by atoms with Crippen molar-refractivity contribution in [1.82, 2.24) is 0 Å². The molecule has 0 saturated heterocycles. The Bertz CT molecular complexity index is 21.2. The van der Waals surface area contributed by atoms with Crippen molar-refractivity contribution in [2.45, 2.75) is 0 Å². The van der Waals surface area contributed by atoms with Crippen LogP contribution in [0.5, 0.6) is 0 Å². The van der Waals surface area contributed by atoms with Crippen LogP contribution in [-0.4, -0.2) is 10.4 Å². The fraction of sp³-hybridized carbons (Fsp3) is 0. The Kier molecular flexibility index (Phi) is 4.45. The molecule has 0 N–H and O–H groups in total. The second-order valence-electron chi connectivity index (χ2n) is 0.215. The molecule has 4 heavy (non-hydrogen) atoms. The van der Waals surface area contributed by atoms with Crippen molar-refractivity contribution < 1.29 is 0 Å². The molecule has 0 bridgehead atoms. The molecular formula is H2NP2Si. The van der Waals surface area contributed by atoms with E-state index < -0.39 is 0 Å². The molecule has 0 aromatic heterocycles. The topological polar surface area (TPSA) is 12.4 Å². The summed E-state index contributed by atoms with van der Waals surface area (Å²) in [6.07, 6.45) is 0. The van der Waals surface area contributed by atoms with E-state index in [9.17, 15) is 0 Å². The SMILES string of the molecule is [Si]N=PP. The molecule has 0 rings (SSSR count). The molecule has 0 amide bonds. The zero-order chi connectivity index (χ0) is 3.41. The van der Waals surface area contributed by atoms with E-state index in [1.54, 1.807) is 0 Å². The predicted molar refractivity (Wildman–Crippen MR) is 24.8 cm³/mol. The average molecular weight is 106 g/mol. The van der Waals surface area contributed by atoms with Crippen LogP contribution in [0.15, 0.2) is 4.41 Å². The predicted octanol–water partition coefficient (Wildman–Crippen LogP) is 0.990. The maximum absolute atomic E-state index is 3.48. The molecule has 0 saturated carbocycles. The third kappa shape index (κ3) is 2.75. The fourth-order valence-electron chi connectivity index (χ4n) is 0. The highest BCUT2D eigenvalue weighted by Gasteiger charge is 1.36. The van der Waals surface area contributed by atoms with Gasteiger partial charge in [0.2, 0.25) is 10.4 Å². The lowest BCUT2D eigenvalue weighted by atomic mass is 13.9. The van der Waals surface area contributed by atoms with E-state index >= 15 is 0 Å². The lowest BCUT2D eigenvalue weighted by Gasteiger charge is -1.50. The zero-order valence-corrected chi connectivity index (χ0v) is 5.02. The van der Waals surface area contributed by atoms with Gasteiger partial charge in [0.25, 0.3) is 0 Å². The molecule has 0 aromatic rings. The van der Waals surface area contributed by atoms with Gasteiger partial charge >= 0.3 is 0 Å². The number of hydrogen-bond acceptors (Lipinski definition) is 1. The van der Waals surface area contributed by atoms with Gasteiger partial charge in [0.1, 0.15) is 0 Å². The van der Waals surface area contributed by atoms with Crippen LogP contribution in [-0.2, 0) is 0 Å². The van der Waals surface area contributed by atoms with Crippen LogP contribution >= 0.6 is 17.0 Å². The lowest BCUT2D eigenvalue weighted by Crippen LogP contribution is -1.26. The quantitative estimate of drug-likeness (QED) is 0.322. The zero-order valence-electron chi connectivity index (χ0n) is 1.97. The highest BCUT2D eigenvalue weighted by Crippen LogP contribution is 2.05. The Morgan fingerprint density at radius 3 is 2.25 bits per heavy atom. The largest absolute Gasteiger partial charge is 0.306 e. The van der Waals surface area contributed by atoms with Gasteiger partial charge in [-0.05, 0) is 0 Å². The third-order valence-electron chi connectivity index (χ3n) is 0.0577. The van der Waals surface area contributed by atoms with Crippen LogP contribution in [0.1, 0.15) is 0 Å². The number of hydrogen-bond donors (Lipinski definition) is 0. The van der Waals surface area contributed by atoms with E-state index in [0.717, 1.165) is 8.06 Å². The first-order valence-electron chi connectivity index (χ1n) is 0.682. The van der Waals surface area contributed by atoms with Gasteiger partial charge in [0.05, 0.1) is 0 Å². The van der Waals surface area contributed by atoms with Crippen LogP contribution in [0.2, 0.25) is 0 Å². The second kappa shape index (κ2) is 3.75. The highest BCUT2D eigenvalue weighted by molar-refractivity contribution is 7.97. The Balaban J connectivity index is 2.55. The van der Waals surface area contributed by atoms with Crippen molar-refractivity contribution in [3.63, 3.8) is 0 Å². The van der Waals surface area contributed by atoms with Gasteiger partial charge in [-0.3, -0.25) is 0 Å². The minimum atomic E-state index is 0.954. The van der Waals surface area contributed by atoms with Gasteiger partial charge in [-0.1, -0.05) is 8.93 Å². The molecule has 1 unspecified atom stereocenters. The Morgan fingerprint density at radius 1 is 2.00 bits per heavy atom. The number of rotatable bonds is 0. The van der Waals surface area contributed by atoms with Crippen molar-refractivity contribution in [2.75, 3.05) is 0 Å². The molecule has 3 radical (unpaired) electrons. The van der Waals surface area contributed by atoms with E-state index in [0.29, 0.717) is 0 Å². The maximum Gasteiger partial charge on any atom is 0.228 e. The summed E-state index contributed by atoms with van der Waals surface area (Å²) < 4.78 is 3.48. The van der Waals surface area contributed by atoms with Crippen molar-refractivity contribution >= 4 is 27.4 Å². The summed E-state index contributed by atoms with van der Waals surface area (Å²) in [5.41, 5.74) is 0. The van der Waals surface area contributed by atoms with Crippen LogP contribution in [0.25, 0.3) is 0 Å². The molecular weight excluding hydrogens is 104 g/mol. The summed E-state index contributed by atoms with van der Waals surface area (Å²) >= 11 is 0. The van der Waals surface area contributed by atoms with Gasteiger partial charge < -0.3 is 4.41 Å². The van der Waals surface area contributed by atoms with Crippen molar-refractivity contribution in [1.29, 1.82) is 0 Å². The van der Waals surface area contributed by atoms with Gasteiger partial charge in [-0.25, -0.2) is 0 Å². The molecule has 1 nitrogen and oxygen atoms in total. The summed E-state index contributed by atoms with van der Waals surface area (Å²) in [4.78, 5) is 0. The average Bonchev–Trinajstić information content (AvgIpc) is 1.37. The van der Waals surface area contributed by atoms with E-state index in [1.165, 1.54) is 0 Å². The van der Waals surface area contributed by atoms with Crippen molar-refractivity contribution in [3.8, 4) is 0 Å². The van der Waals surface area contributed by atoms with Crippen LogP contribution in [0, 0.1) is 0 Å². The standard InChI is InChI=1S/H2NP2Si/c2-3-1-4/h2H2. The Labute approximate surface area is 32.7 Å². The first kappa shape index (κ1) is 4.75. The Hall–Kier alpha value is 0.747. The first-order valence-corrected chi connectivity index (χ1v) is 3.59. The summed E-state index contributed by atoms with van der Waals surface area (Å²) in [5.74, 6) is 0. The maximum atomic E-state index is 3.48. The van der Waals surface area contributed by atoms with Gasteiger partial charge in [-0.15, -0.1) is 0 Å². The molecule has 0 heterocycles. The summed E-state index contributed by atoms with van der Waals surface area (Å²) in [7, 11) is 6.25. The van der Waals surface area contributed by atoms with Crippen molar-refractivity contribution in [2.24, 2.45) is 4.41 Å². The molecule has 0 aliphatic heterocycles. The van der Waals surface area contributed by atoms with E-state index in [-0.39, 0.29) is 0 Å². The molecule has 0 spiro atoms. The molecule has 21 valence electrons. The lowest BCUT2D eigenvalue weighted by molar-refractivity contribution is 2.05. The molecule has 0 aliphatic rings. The molecule has 4 heteroatoms. The second-order valence-corrected chi connectivity index (χ2v) is 1.94. The van der Waals surface area contributed by atoms with E-state index in [4.69, 9.17) is 0 Å². The molecule has 0 fully saturated rings. The van der Waals surface area contributed by atoms with Crippen LogP contribution < -0.4 is 0 Å². The van der Waals surface area contributed by atoms with Crippen molar-refractivity contribution in [3.05, 3.63) is 0 Å². The normalized spacial score (nSPS) is 9.50. The van der Waals surface area contributed by atoms with Gasteiger partial charge in [-0.2, -0.15) is 0 Å². The monoisotopic (exact) mass is 106 g/mol. The summed E-state index contributed by atoms with van der Waals surface area (Å²) in [5, 5.41) is 0. The molecule has 1 atom stereocenters. The van der Waals surface area contributed by atoms with E-state index in [2.05, 4.69) is 23.7 Å². The van der Waals surface area contributed by atoms with Crippen LogP contribution in [0.3, 0.4) is 0 Å². The third-order valence-corrected chi connectivity index (χ3v) is 1.56. The highest BCUT2D eigenvalue weighted by atomic mass is 32.0. The minimum absolute atomic E-state index is 0.954. The summed E-state index contributed by atoms with van der Waals surface area (Å²) in [6.45, 7) is 0. The summed E-state index contributed by atoms with van der Waals surface area (Å²) in [6, 6.07) is 0. The first-order chi connectivity index (χ1) is 1.91. The smallest absolute Gasteiger partial charge is 0.228 e. The molecule has 0 aliphatic carbocycles. The minimum Gasteiger partial charge on any atom is -0.306 e. The molecule has 0 aromatic carbocycles. The van der Waals surface area contributed by atoms with Gasteiger partial charge in [0, 0.05) is 8.06 Å². The van der Waals surface area contributed by atoms with E-state index in [1.807, 2.05) is 0 Å². The Morgan fingerprint density at radius 2 is 2.25 bits per heavy atom. The fourth-order valence-corrected chi connectivity index (χ4v) is 0. The van der Waals surface area contributed by atoms with Crippen LogP contribution in [0.4, 0.5) is 0 Å².